The predicted molar refractivity (Wildman–Crippen MR) is 32.1 cm³/mol. The molecule has 0 N–H and O–H groups in total. The van der Waals surface area contributed by atoms with Gasteiger partial charge in [0, 0.05) is 6.21 Å². The minimum Gasteiger partial charge on any atom is -0.297 e. The van der Waals surface area contributed by atoms with Crippen LogP contribution >= 0.6 is 0 Å². The highest BCUT2D eigenvalue weighted by Crippen LogP contribution is 1.98. The summed E-state index contributed by atoms with van der Waals surface area (Å²) in [5, 5.41) is 0. The molecule has 0 bridgehead atoms. The predicted octanol–water partition coefficient (Wildman–Crippen LogP) is 0.585. The van der Waals surface area contributed by atoms with Crippen molar-refractivity contribution in [3.05, 3.63) is 12.2 Å². The monoisotopic (exact) mass is 109 g/mol. The molecule has 0 radical (unpaired) electrons. The first-order valence-electron chi connectivity index (χ1n) is 2.51. The van der Waals surface area contributed by atoms with Crippen LogP contribution in [-0.4, -0.2) is 18.0 Å². The Kier molecular flexibility index (Phi) is 1.24. The number of Topliss-reactive ketones (excluding diaryl/α,β-unsaturated/α-hetero) is 1. The molecule has 1 unspecified atom stereocenters. The van der Waals surface area contributed by atoms with Crippen molar-refractivity contribution >= 4 is 12.0 Å². The average Bonchev–Trinajstić information content (AvgIpc) is 2.12. The van der Waals surface area contributed by atoms with Crippen molar-refractivity contribution in [2.75, 3.05) is 0 Å². The lowest BCUT2D eigenvalue weighted by Crippen LogP contribution is -2.08. The van der Waals surface area contributed by atoms with E-state index in [1.165, 1.54) is 6.92 Å². The zero-order chi connectivity index (χ0) is 5.98. The standard InChI is InChI=1S/C6H7NO/c1-5(8)6-3-2-4-7-6/h2-4,6H,1H3. The highest BCUT2D eigenvalue weighted by molar-refractivity contribution is 5.89. The van der Waals surface area contributed by atoms with E-state index in [-0.39, 0.29) is 11.8 Å². The van der Waals surface area contributed by atoms with Gasteiger partial charge in [0.2, 0.25) is 0 Å². The molecule has 1 heterocycles. The second kappa shape index (κ2) is 1.90. The van der Waals surface area contributed by atoms with Crippen molar-refractivity contribution in [1.29, 1.82) is 0 Å². The number of allylic oxidation sites excluding steroid dienone is 1. The van der Waals surface area contributed by atoms with Crippen LogP contribution < -0.4 is 0 Å². The van der Waals surface area contributed by atoms with Gasteiger partial charge in [-0.25, -0.2) is 0 Å². The molecule has 8 heavy (non-hydrogen) atoms. The summed E-state index contributed by atoms with van der Waals surface area (Å²) in [5.74, 6) is 0.106. The Morgan fingerprint density at radius 3 is 2.75 bits per heavy atom. The highest BCUT2D eigenvalue weighted by Gasteiger charge is 2.08. The van der Waals surface area contributed by atoms with Crippen molar-refractivity contribution in [3.63, 3.8) is 0 Å². The van der Waals surface area contributed by atoms with Gasteiger partial charge in [0.25, 0.3) is 0 Å². The first-order chi connectivity index (χ1) is 3.80. The highest BCUT2D eigenvalue weighted by atomic mass is 16.1. The Balaban J connectivity index is 2.62. The molecular formula is C6H7NO. The lowest BCUT2D eigenvalue weighted by molar-refractivity contribution is -0.117. The Hall–Kier alpha value is -0.920. The Bertz CT molecular complexity index is 146. The van der Waals surface area contributed by atoms with E-state index in [9.17, 15) is 4.79 Å². The van der Waals surface area contributed by atoms with Crippen molar-refractivity contribution in [2.24, 2.45) is 4.99 Å². The second-order valence-electron chi connectivity index (χ2n) is 1.74. The summed E-state index contributed by atoms with van der Waals surface area (Å²) in [7, 11) is 0. The van der Waals surface area contributed by atoms with E-state index in [4.69, 9.17) is 0 Å². The van der Waals surface area contributed by atoms with E-state index in [1.807, 2.05) is 0 Å². The van der Waals surface area contributed by atoms with Gasteiger partial charge in [-0.2, -0.15) is 0 Å². The molecule has 1 atom stereocenters. The number of carbonyl (C=O) groups is 1. The van der Waals surface area contributed by atoms with Gasteiger partial charge in [-0.15, -0.1) is 0 Å². The molecule has 0 amide bonds. The van der Waals surface area contributed by atoms with E-state index < -0.39 is 0 Å². The molecule has 1 aliphatic rings. The maximum absolute atomic E-state index is 10.5. The van der Waals surface area contributed by atoms with Crippen molar-refractivity contribution < 1.29 is 4.79 Å². The van der Waals surface area contributed by atoms with E-state index in [1.54, 1.807) is 18.4 Å². The van der Waals surface area contributed by atoms with Crippen LogP contribution in [0, 0.1) is 0 Å². The van der Waals surface area contributed by atoms with Crippen LogP contribution in [0.4, 0.5) is 0 Å². The number of ketones is 1. The third-order valence-corrected chi connectivity index (χ3v) is 1.04. The zero-order valence-corrected chi connectivity index (χ0v) is 4.66. The zero-order valence-electron chi connectivity index (χ0n) is 4.66. The normalized spacial score (nSPS) is 24.4. The van der Waals surface area contributed by atoms with Crippen molar-refractivity contribution in [2.45, 2.75) is 13.0 Å². The van der Waals surface area contributed by atoms with Crippen LogP contribution in [0.5, 0.6) is 0 Å². The summed E-state index contributed by atoms with van der Waals surface area (Å²) in [6.45, 7) is 1.54. The van der Waals surface area contributed by atoms with Crippen LogP contribution in [0.1, 0.15) is 6.92 Å². The minimum absolute atomic E-state index is 0.106. The van der Waals surface area contributed by atoms with Gasteiger partial charge in [-0.3, -0.25) is 9.79 Å². The van der Waals surface area contributed by atoms with Gasteiger partial charge in [-0.05, 0) is 13.0 Å². The molecule has 0 aromatic heterocycles. The lowest BCUT2D eigenvalue weighted by Gasteiger charge is -1.93. The number of carbonyl (C=O) groups excluding carboxylic acids is 1. The fourth-order valence-corrected chi connectivity index (χ4v) is 0.588. The Morgan fingerprint density at radius 1 is 1.75 bits per heavy atom. The van der Waals surface area contributed by atoms with Crippen molar-refractivity contribution in [3.8, 4) is 0 Å². The lowest BCUT2D eigenvalue weighted by atomic mass is 10.2. The molecule has 0 spiro atoms. The first-order valence-corrected chi connectivity index (χ1v) is 2.51. The summed E-state index contributed by atoms with van der Waals surface area (Å²) in [4.78, 5) is 14.3. The molecule has 0 fully saturated rings. The summed E-state index contributed by atoms with van der Waals surface area (Å²) in [6, 6.07) is -0.185. The third-order valence-electron chi connectivity index (χ3n) is 1.04. The van der Waals surface area contributed by atoms with Gasteiger partial charge in [0.05, 0.1) is 0 Å². The molecule has 42 valence electrons. The van der Waals surface area contributed by atoms with Crippen LogP contribution in [0.2, 0.25) is 0 Å². The molecule has 0 aromatic rings. The molecule has 2 heteroatoms. The van der Waals surface area contributed by atoms with Crippen LogP contribution in [0.3, 0.4) is 0 Å². The largest absolute Gasteiger partial charge is 0.297 e. The summed E-state index contributed by atoms with van der Waals surface area (Å²) >= 11 is 0. The fraction of sp³-hybridized carbons (Fsp3) is 0.333. The SMILES string of the molecule is CC(=O)C1C=CC=N1. The van der Waals surface area contributed by atoms with E-state index >= 15 is 0 Å². The van der Waals surface area contributed by atoms with Crippen LogP contribution in [0.15, 0.2) is 17.1 Å². The molecule has 0 aromatic carbocycles. The summed E-state index contributed by atoms with van der Waals surface area (Å²) in [6.07, 6.45) is 5.21. The number of hydrogen-bond acceptors (Lipinski definition) is 2. The topological polar surface area (TPSA) is 29.4 Å². The minimum atomic E-state index is -0.185. The maximum Gasteiger partial charge on any atom is 0.158 e. The van der Waals surface area contributed by atoms with Gasteiger partial charge in [0.1, 0.15) is 6.04 Å². The Morgan fingerprint density at radius 2 is 2.50 bits per heavy atom. The maximum atomic E-state index is 10.5. The number of aliphatic imine (C=N–C) groups is 1. The van der Waals surface area contributed by atoms with E-state index in [2.05, 4.69) is 4.99 Å². The number of nitrogens with zero attached hydrogens (tertiary/aromatic N) is 1. The van der Waals surface area contributed by atoms with Crippen LogP contribution in [0.25, 0.3) is 0 Å². The van der Waals surface area contributed by atoms with E-state index in [0.29, 0.717) is 0 Å². The molecule has 0 aliphatic carbocycles. The molecule has 1 aliphatic heterocycles. The molecule has 2 nitrogen and oxygen atoms in total. The summed E-state index contributed by atoms with van der Waals surface area (Å²) in [5.41, 5.74) is 0. The molecular weight excluding hydrogens is 102 g/mol. The Labute approximate surface area is 47.9 Å². The number of rotatable bonds is 1. The average molecular weight is 109 g/mol. The van der Waals surface area contributed by atoms with Crippen molar-refractivity contribution in [1.82, 2.24) is 0 Å². The van der Waals surface area contributed by atoms with Crippen LogP contribution in [-0.2, 0) is 4.79 Å². The fourth-order valence-electron chi connectivity index (χ4n) is 0.588. The van der Waals surface area contributed by atoms with Gasteiger partial charge < -0.3 is 0 Å². The quantitative estimate of drug-likeness (QED) is 0.484. The first kappa shape index (κ1) is 5.22. The summed E-state index contributed by atoms with van der Waals surface area (Å²) < 4.78 is 0. The van der Waals surface area contributed by atoms with Gasteiger partial charge >= 0.3 is 0 Å². The van der Waals surface area contributed by atoms with Gasteiger partial charge in [0.15, 0.2) is 5.78 Å². The smallest absolute Gasteiger partial charge is 0.158 e. The van der Waals surface area contributed by atoms with E-state index in [0.717, 1.165) is 0 Å². The molecule has 0 saturated heterocycles. The third kappa shape index (κ3) is 0.832. The second-order valence-corrected chi connectivity index (χ2v) is 1.74. The molecule has 0 saturated carbocycles. The molecule has 1 rings (SSSR count). The van der Waals surface area contributed by atoms with Gasteiger partial charge in [-0.1, -0.05) is 6.08 Å². The number of hydrogen-bond donors (Lipinski definition) is 0.